The van der Waals surface area contributed by atoms with Gasteiger partial charge >= 0.3 is 0 Å². The second kappa shape index (κ2) is 8.39. The second-order valence-corrected chi connectivity index (χ2v) is 8.10. The maximum atomic E-state index is 12.7. The summed E-state index contributed by atoms with van der Waals surface area (Å²) >= 11 is 0. The molecule has 1 aliphatic heterocycles. The van der Waals surface area contributed by atoms with Crippen molar-refractivity contribution >= 4 is 11.9 Å². The van der Waals surface area contributed by atoms with Crippen molar-refractivity contribution in [1.29, 1.82) is 0 Å². The Hall–Kier alpha value is -1.30. The standard InChI is InChI=1S/C19H34N4O2/c1-2-20-18(21-13-19(14-24)9-10-19)22-16-8-11-23(12-16)17(25)15-6-4-3-5-7-15/h15-16,24H,2-14H2,1H3,(H2,20,21,22). The van der Waals surface area contributed by atoms with E-state index in [1.807, 2.05) is 4.90 Å². The van der Waals surface area contributed by atoms with Gasteiger partial charge in [0.2, 0.25) is 5.91 Å². The van der Waals surface area contributed by atoms with Crippen LogP contribution in [-0.4, -0.2) is 60.7 Å². The summed E-state index contributed by atoms with van der Waals surface area (Å²) in [5, 5.41) is 16.2. The van der Waals surface area contributed by atoms with E-state index in [9.17, 15) is 9.90 Å². The lowest BCUT2D eigenvalue weighted by Gasteiger charge is -2.26. The Morgan fingerprint density at radius 1 is 1.24 bits per heavy atom. The number of aliphatic hydroxyl groups is 1. The van der Waals surface area contributed by atoms with E-state index >= 15 is 0 Å². The SMILES string of the molecule is CCNC(=NCC1(CO)CC1)NC1CCN(C(=O)C2CCCCC2)C1. The van der Waals surface area contributed by atoms with E-state index in [1.165, 1.54) is 19.3 Å². The number of amides is 1. The van der Waals surface area contributed by atoms with Gasteiger partial charge in [-0.25, -0.2) is 0 Å². The minimum absolute atomic E-state index is 0.0288. The van der Waals surface area contributed by atoms with Crippen LogP contribution in [0, 0.1) is 11.3 Å². The maximum absolute atomic E-state index is 12.7. The van der Waals surface area contributed by atoms with Gasteiger partial charge in [-0.15, -0.1) is 0 Å². The molecule has 3 N–H and O–H groups in total. The number of likely N-dealkylation sites (tertiary alicyclic amines) is 1. The van der Waals surface area contributed by atoms with Crippen LogP contribution < -0.4 is 10.6 Å². The van der Waals surface area contributed by atoms with E-state index in [1.54, 1.807) is 0 Å². The number of carbonyl (C=O) groups excluding carboxylic acids is 1. The first-order valence-corrected chi connectivity index (χ1v) is 10.1. The van der Waals surface area contributed by atoms with Crippen LogP contribution in [0.4, 0.5) is 0 Å². The van der Waals surface area contributed by atoms with E-state index in [0.717, 1.165) is 57.7 Å². The molecule has 3 rings (SSSR count). The van der Waals surface area contributed by atoms with Gasteiger partial charge in [0.25, 0.3) is 0 Å². The van der Waals surface area contributed by atoms with Gasteiger partial charge in [-0.05, 0) is 39.0 Å². The number of nitrogens with zero attached hydrogens (tertiary/aromatic N) is 2. The normalized spacial score (nSPS) is 26.6. The fourth-order valence-corrected chi connectivity index (χ4v) is 3.99. The Morgan fingerprint density at radius 3 is 2.64 bits per heavy atom. The summed E-state index contributed by atoms with van der Waals surface area (Å²) in [6.07, 6.45) is 8.95. The van der Waals surface area contributed by atoms with Gasteiger partial charge in [0, 0.05) is 37.0 Å². The largest absolute Gasteiger partial charge is 0.396 e. The van der Waals surface area contributed by atoms with Gasteiger partial charge in [-0.1, -0.05) is 19.3 Å². The molecule has 142 valence electrons. The molecular formula is C19H34N4O2. The second-order valence-electron chi connectivity index (χ2n) is 8.10. The number of nitrogens with one attached hydrogen (secondary N) is 2. The molecule has 0 bridgehead atoms. The van der Waals surface area contributed by atoms with E-state index in [2.05, 4.69) is 22.5 Å². The molecule has 6 heteroatoms. The van der Waals surface area contributed by atoms with Crippen molar-refractivity contribution in [3.8, 4) is 0 Å². The van der Waals surface area contributed by atoms with Gasteiger partial charge in [-0.3, -0.25) is 9.79 Å². The van der Waals surface area contributed by atoms with Crippen LogP contribution in [0.5, 0.6) is 0 Å². The van der Waals surface area contributed by atoms with Gasteiger partial charge in [0.15, 0.2) is 5.96 Å². The lowest BCUT2D eigenvalue weighted by Crippen LogP contribution is -2.46. The van der Waals surface area contributed by atoms with E-state index in [0.29, 0.717) is 12.5 Å². The molecule has 3 aliphatic rings. The first kappa shape index (κ1) is 18.5. The van der Waals surface area contributed by atoms with Crippen LogP contribution >= 0.6 is 0 Å². The van der Waals surface area contributed by atoms with Crippen LogP contribution in [0.3, 0.4) is 0 Å². The van der Waals surface area contributed by atoms with Crippen molar-refractivity contribution in [2.24, 2.45) is 16.3 Å². The average molecular weight is 351 g/mol. The molecule has 25 heavy (non-hydrogen) atoms. The lowest BCUT2D eigenvalue weighted by atomic mass is 9.88. The first-order chi connectivity index (χ1) is 12.2. The molecule has 0 aromatic carbocycles. The topological polar surface area (TPSA) is 77.0 Å². The molecule has 1 heterocycles. The van der Waals surface area contributed by atoms with Crippen LogP contribution in [0.15, 0.2) is 4.99 Å². The third-order valence-corrected chi connectivity index (χ3v) is 6.00. The molecule has 1 unspecified atom stereocenters. The average Bonchev–Trinajstić information content (AvgIpc) is 3.29. The quantitative estimate of drug-likeness (QED) is 0.501. The predicted molar refractivity (Wildman–Crippen MR) is 99.4 cm³/mol. The highest BCUT2D eigenvalue weighted by molar-refractivity contribution is 5.81. The summed E-state index contributed by atoms with van der Waals surface area (Å²) in [6.45, 7) is 5.41. The number of hydrogen-bond acceptors (Lipinski definition) is 3. The third-order valence-electron chi connectivity index (χ3n) is 6.00. The molecule has 1 amide bonds. The van der Waals surface area contributed by atoms with E-state index in [-0.39, 0.29) is 24.0 Å². The summed E-state index contributed by atoms with van der Waals surface area (Å²) in [6, 6.07) is 0.273. The van der Waals surface area contributed by atoms with Crippen molar-refractivity contribution < 1.29 is 9.90 Å². The van der Waals surface area contributed by atoms with Gasteiger partial charge < -0.3 is 20.6 Å². The highest BCUT2D eigenvalue weighted by Crippen LogP contribution is 2.45. The molecule has 0 spiro atoms. The zero-order valence-corrected chi connectivity index (χ0v) is 15.6. The first-order valence-electron chi connectivity index (χ1n) is 10.1. The number of carbonyl (C=O) groups is 1. The molecule has 3 fully saturated rings. The third kappa shape index (κ3) is 4.87. The number of aliphatic hydroxyl groups excluding tert-OH is 1. The fourth-order valence-electron chi connectivity index (χ4n) is 3.99. The fraction of sp³-hybridized carbons (Fsp3) is 0.895. The molecule has 2 aliphatic carbocycles. The summed E-state index contributed by atoms with van der Waals surface area (Å²) in [4.78, 5) is 19.4. The Labute approximate surface area is 151 Å². The molecule has 0 aromatic heterocycles. The number of rotatable bonds is 6. The van der Waals surface area contributed by atoms with Gasteiger partial charge in [0.05, 0.1) is 13.2 Å². The minimum atomic E-state index is 0.0288. The van der Waals surface area contributed by atoms with E-state index < -0.39 is 0 Å². The van der Waals surface area contributed by atoms with Gasteiger partial charge in [-0.2, -0.15) is 0 Å². The lowest BCUT2D eigenvalue weighted by molar-refractivity contribution is -0.135. The van der Waals surface area contributed by atoms with Crippen LogP contribution in [-0.2, 0) is 4.79 Å². The summed E-state index contributed by atoms with van der Waals surface area (Å²) < 4.78 is 0. The smallest absolute Gasteiger partial charge is 0.225 e. The van der Waals surface area contributed by atoms with Crippen LogP contribution in [0.2, 0.25) is 0 Å². The molecule has 2 saturated carbocycles. The molecule has 1 atom stereocenters. The predicted octanol–water partition coefficient (Wildman–Crippen LogP) is 1.50. The molecule has 6 nitrogen and oxygen atoms in total. The van der Waals surface area contributed by atoms with Crippen molar-refractivity contribution in [2.75, 3.05) is 32.8 Å². The molecular weight excluding hydrogens is 316 g/mol. The monoisotopic (exact) mass is 350 g/mol. The maximum Gasteiger partial charge on any atom is 0.225 e. The summed E-state index contributed by atoms with van der Waals surface area (Å²) in [5.41, 5.74) is 0.0288. The zero-order chi connectivity index (χ0) is 17.7. The Bertz CT molecular complexity index is 484. The Morgan fingerprint density at radius 2 is 2.00 bits per heavy atom. The number of aliphatic imine (C=N–C) groups is 1. The van der Waals surface area contributed by atoms with Crippen molar-refractivity contribution in [3.05, 3.63) is 0 Å². The Kier molecular flexibility index (Phi) is 6.20. The summed E-state index contributed by atoms with van der Waals surface area (Å²) in [7, 11) is 0. The van der Waals surface area contributed by atoms with Gasteiger partial charge in [0.1, 0.15) is 0 Å². The Balaban J connectivity index is 1.49. The molecule has 1 saturated heterocycles. The molecule has 0 radical (unpaired) electrons. The number of guanidine groups is 1. The van der Waals surface area contributed by atoms with E-state index in [4.69, 9.17) is 0 Å². The molecule has 0 aromatic rings. The van der Waals surface area contributed by atoms with Crippen molar-refractivity contribution in [1.82, 2.24) is 15.5 Å². The van der Waals surface area contributed by atoms with Crippen LogP contribution in [0.1, 0.15) is 58.3 Å². The minimum Gasteiger partial charge on any atom is -0.396 e. The zero-order valence-electron chi connectivity index (χ0n) is 15.6. The highest BCUT2D eigenvalue weighted by atomic mass is 16.3. The van der Waals surface area contributed by atoms with Crippen molar-refractivity contribution in [2.45, 2.75) is 64.3 Å². The summed E-state index contributed by atoms with van der Waals surface area (Å²) in [5.74, 6) is 1.44. The van der Waals surface area contributed by atoms with Crippen molar-refractivity contribution in [3.63, 3.8) is 0 Å². The highest BCUT2D eigenvalue weighted by Gasteiger charge is 2.42. The van der Waals surface area contributed by atoms with Crippen LogP contribution in [0.25, 0.3) is 0 Å². The number of hydrogen-bond donors (Lipinski definition) is 3.